The summed E-state index contributed by atoms with van der Waals surface area (Å²) in [5.41, 5.74) is 3.71. The summed E-state index contributed by atoms with van der Waals surface area (Å²) in [4.78, 5) is 29.1. The van der Waals surface area contributed by atoms with Crippen LogP contribution < -0.4 is 9.62 Å². The number of hydrogen-bond acceptors (Lipinski definition) is 4. The first-order valence-corrected chi connectivity index (χ1v) is 15.0. The molecule has 1 N–H and O–H groups in total. The van der Waals surface area contributed by atoms with Gasteiger partial charge in [-0.2, -0.15) is 0 Å². The molecule has 0 aliphatic heterocycles. The molecule has 0 radical (unpaired) electrons. The molecule has 3 aromatic carbocycles. The van der Waals surface area contributed by atoms with Crippen molar-refractivity contribution in [2.45, 2.75) is 77.9 Å². The van der Waals surface area contributed by atoms with Crippen LogP contribution in [-0.2, 0) is 26.2 Å². The van der Waals surface area contributed by atoms with Gasteiger partial charge in [0.1, 0.15) is 12.6 Å². The third-order valence-corrected chi connectivity index (χ3v) is 8.36. The Morgan fingerprint density at radius 1 is 0.800 bits per heavy atom. The summed E-state index contributed by atoms with van der Waals surface area (Å²) in [6.45, 7) is 13.0. The van der Waals surface area contributed by atoms with Crippen molar-refractivity contribution in [1.82, 2.24) is 10.2 Å². The van der Waals surface area contributed by atoms with Crippen LogP contribution >= 0.6 is 0 Å². The molecule has 0 saturated carbocycles. The predicted octanol–water partition coefficient (Wildman–Crippen LogP) is 5.53. The minimum absolute atomic E-state index is 0.0917. The molecule has 3 rings (SSSR count). The number of amides is 2. The average Bonchev–Trinajstić information content (AvgIpc) is 2.88. The van der Waals surface area contributed by atoms with E-state index in [1.54, 1.807) is 36.4 Å². The fraction of sp³-hybridized carbons (Fsp3) is 0.375. The number of sulfonamides is 1. The quantitative estimate of drug-likeness (QED) is 0.352. The van der Waals surface area contributed by atoms with E-state index >= 15 is 0 Å². The molecule has 0 aliphatic rings. The first-order chi connectivity index (χ1) is 18.7. The lowest BCUT2D eigenvalue weighted by atomic mass is 10.1. The molecular weight excluding hydrogens is 522 g/mol. The van der Waals surface area contributed by atoms with Gasteiger partial charge in [0.15, 0.2) is 0 Å². The van der Waals surface area contributed by atoms with Crippen molar-refractivity contribution in [1.29, 1.82) is 0 Å². The highest BCUT2D eigenvalue weighted by Gasteiger charge is 2.34. The number of nitrogens with zero attached hydrogens (tertiary/aromatic N) is 2. The second-order valence-corrected chi connectivity index (χ2v) is 13.2. The van der Waals surface area contributed by atoms with Crippen molar-refractivity contribution < 1.29 is 18.0 Å². The Balaban J connectivity index is 2.06. The van der Waals surface area contributed by atoms with Gasteiger partial charge in [-0.1, -0.05) is 72.1 Å². The third-order valence-electron chi connectivity index (χ3n) is 6.57. The molecule has 0 aliphatic carbocycles. The van der Waals surface area contributed by atoms with E-state index in [2.05, 4.69) is 5.32 Å². The lowest BCUT2D eigenvalue weighted by Gasteiger charge is -2.34. The molecule has 0 fully saturated rings. The average molecular weight is 564 g/mol. The molecule has 7 nitrogen and oxygen atoms in total. The summed E-state index contributed by atoms with van der Waals surface area (Å²) < 4.78 is 29.0. The topological polar surface area (TPSA) is 86.8 Å². The van der Waals surface area contributed by atoms with Gasteiger partial charge in [-0.05, 0) is 77.8 Å². The van der Waals surface area contributed by atoms with Gasteiger partial charge in [0, 0.05) is 12.1 Å². The molecule has 0 spiro atoms. The Bertz CT molecular complexity index is 1410. The standard InChI is InChI=1S/C32H41N3O4S/c1-8-29(31(37)33-32(5,6)7)34(21-26-15-9-23(2)10-16-26)30(36)22-35(27-17-11-24(3)12-18-27)40(38,39)28-19-13-25(4)14-20-28/h9-20,29H,8,21-22H2,1-7H3,(H,33,37)/t29-/m1/s1. The van der Waals surface area contributed by atoms with E-state index < -0.39 is 34.1 Å². The predicted molar refractivity (Wildman–Crippen MR) is 161 cm³/mol. The molecule has 0 unspecified atom stereocenters. The van der Waals surface area contributed by atoms with Gasteiger partial charge in [-0.25, -0.2) is 8.42 Å². The van der Waals surface area contributed by atoms with Gasteiger partial charge in [-0.3, -0.25) is 13.9 Å². The number of anilines is 1. The van der Waals surface area contributed by atoms with Crippen molar-refractivity contribution in [3.8, 4) is 0 Å². The second-order valence-electron chi connectivity index (χ2n) is 11.3. The van der Waals surface area contributed by atoms with E-state index in [4.69, 9.17) is 0 Å². The van der Waals surface area contributed by atoms with Gasteiger partial charge >= 0.3 is 0 Å². The largest absolute Gasteiger partial charge is 0.350 e. The number of benzene rings is 3. The van der Waals surface area contributed by atoms with Crippen molar-refractivity contribution >= 4 is 27.5 Å². The van der Waals surface area contributed by atoms with Crippen LogP contribution in [0.4, 0.5) is 5.69 Å². The monoisotopic (exact) mass is 563 g/mol. The molecule has 214 valence electrons. The molecule has 8 heteroatoms. The van der Waals surface area contributed by atoms with Gasteiger partial charge in [0.25, 0.3) is 10.0 Å². The van der Waals surface area contributed by atoms with Crippen molar-refractivity contribution in [3.05, 3.63) is 95.1 Å². The van der Waals surface area contributed by atoms with Crippen molar-refractivity contribution in [3.63, 3.8) is 0 Å². The van der Waals surface area contributed by atoms with Crippen LogP contribution in [0.25, 0.3) is 0 Å². The Kier molecular flexibility index (Phi) is 9.79. The molecular formula is C32H41N3O4S. The Morgan fingerprint density at radius 3 is 1.75 bits per heavy atom. The minimum atomic E-state index is -4.09. The molecule has 0 aromatic heterocycles. The highest BCUT2D eigenvalue weighted by Crippen LogP contribution is 2.25. The lowest BCUT2D eigenvalue weighted by Crippen LogP contribution is -2.55. The lowest BCUT2D eigenvalue weighted by molar-refractivity contribution is -0.141. The molecule has 0 bridgehead atoms. The van der Waals surface area contributed by atoms with Crippen LogP contribution in [0.3, 0.4) is 0 Å². The second kappa shape index (κ2) is 12.7. The zero-order valence-corrected chi connectivity index (χ0v) is 25.4. The van der Waals surface area contributed by atoms with Crippen LogP contribution in [0.5, 0.6) is 0 Å². The number of rotatable bonds is 10. The maximum atomic E-state index is 14.1. The molecule has 0 heterocycles. The fourth-order valence-electron chi connectivity index (χ4n) is 4.34. The number of carbonyl (C=O) groups is 2. The SMILES string of the molecule is CC[C@H](C(=O)NC(C)(C)C)N(Cc1ccc(C)cc1)C(=O)CN(c1ccc(C)cc1)S(=O)(=O)c1ccc(C)cc1. The molecule has 40 heavy (non-hydrogen) atoms. The zero-order chi connectivity index (χ0) is 29.7. The summed E-state index contributed by atoms with van der Waals surface area (Å²) in [6.07, 6.45) is 0.370. The van der Waals surface area contributed by atoms with Crippen LogP contribution in [0.1, 0.15) is 56.4 Å². The van der Waals surface area contributed by atoms with E-state index in [-0.39, 0.29) is 17.3 Å². The number of hydrogen-bond donors (Lipinski definition) is 1. The Morgan fingerprint density at radius 2 is 1.27 bits per heavy atom. The molecule has 2 amide bonds. The van der Waals surface area contributed by atoms with Gasteiger partial charge in [-0.15, -0.1) is 0 Å². The van der Waals surface area contributed by atoms with Gasteiger partial charge < -0.3 is 10.2 Å². The molecule has 1 atom stereocenters. The summed E-state index contributed by atoms with van der Waals surface area (Å²) in [5, 5.41) is 2.99. The maximum absolute atomic E-state index is 14.1. The van der Waals surface area contributed by atoms with E-state index in [1.807, 2.05) is 84.9 Å². The van der Waals surface area contributed by atoms with Crippen LogP contribution in [0, 0.1) is 20.8 Å². The molecule has 3 aromatic rings. The fourth-order valence-corrected chi connectivity index (χ4v) is 5.75. The summed E-state index contributed by atoms with van der Waals surface area (Å²) in [7, 11) is -4.09. The van der Waals surface area contributed by atoms with E-state index in [0.29, 0.717) is 12.1 Å². The number of nitrogens with one attached hydrogen (secondary N) is 1. The summed E-state index contributed by atoms with van der Waals surface area (Å²) in [5.74, 6) is -0.744. The Hall–Kier alpha value is -3.65. The van der Waals surface area contributed by atoms with Crippen molar-refractivity contribution in [2.24, 2.45) is 0 Å². The summed E-state index contributed by atoms with van der Waals surface area (Å²) >= 11 is 0. The normalized spacial score (nSPS) is 12.5. The number of carbonyl (C=O) groups excluding carboxylic acids is 2. The van der Waals surface area contributed by atoms with Crippen LogP contribution in [0.15, 0.2) is 77.7 Å². The van der Waals surface area contributed by atoms with Crippen molar-refractivity contribution in [2.75, 3.05) is 10.8 Å². The van der Waals surface area contributed by atoms with E-state index in [9.17, 15) is 18.0 Å². The highest BCUT2D eigenvalue weighted by molar-refractivity contribution is 7.92. The van der Waals surface area contributed by atoms with E-state index in [1.165, 1.54) is 4.90 Å². The summed E-state index contributed by atoms with van der Waals surface area (Å²) in [6, 6.07) is 20.5. The first kappa shape index (κ1) is 30.9. The van der Waals surface area contributed by atoms with Crippen LogP contribution in [-0.4, -0.2) is 43.3 Å². The first-order valence-electron chi connectivity index (χ1n) is 13.5. The molecule has 0 saturated heterocycles. The minimum Gasteiger partial charge on any atom is -0.350 e. The maximum Gasteiger partial charge on any atom is 0.264 e. The zero-order valence-electron chi connectivity index (χ0n) is 24.6. The van der Waals surface area contributed by atoms with Gasteiger partial charge in [0.05, 0.1) is 10.6 Å². The van der Waals surface area contributed by atoms with Crippen LogP contribution in [0.2, 0.25) is 0 Å². The third kappa shape index (κ3) is 7.94. The smallest absolute Gasteiger partial charge is 0.264 e. The Labute approximate surface area is 239 Å². The number of aryl methyl sites for hydroxylation is 3. The highest BCUT2D eigenvalue weighted by atomic mass is 32.2. The van der Waals surface area contributed by atoms with E-state index in [0.717, 1.165) is 26.6 Å². The van der Waals surface area contributed by atoms with Gasteiger partial charge in [0.2, 0.25) is 11.8 Å².